The molecule has 5 heterocycles. The Morgan fingerprint density at radius 3 is 2.28 bits per heavy atom. The van der Waals surface area contributed by atoms with Crippen LogP contribution in [0.2, 0.25) is 0 Å². The number of imidazole rings is 2. The normalized spacial score (nSPS) is 21.3. The molecule has 3 N–H and O–H groups in total. The Morgan fingerprint density at radius 1 is 0.870 bits per heavy atom. The van der Waals surface area contributed by atoms with Crippen LogP contribution in [0.5, 0.6) is 0 Å². The van der Waals surface area contributed by atoms with Crippen LogP contribution < -0.4 is 5.32 Å². The summed E-state index contributed by atoms with van der Waals surface area (Å²) in [4.78, 5) is 59.0. The van der Waals surface area contributed by atoms with Gasteiger partial charge in [-0.05, 0) is 76.0 Å². The van der Waals surface area contributed by atoms with Gasteiger partial charge in [-0.1, -0.05) is 60.7 Å². The van der Waals surface area contributed by atoms with Gasteiger partial charge in [0.2, 0.25) is 5.91 Å². The molecule has 0 spiro atoms. The highest BCUT2D eigenvalue weighted by molar-refractivity contribution is 5.86. The van der Waals surface area contributed by atoms with E-state index in [4.69, 9.17) is 19.2 Å². The van der Waals surface area contributed by atoms with Crippen LogP contribution in [-0.4, -0.2) is 86.3 Å². The zero-order valence-electron chi connectivity index (χ0n) is 31.4. The number of aromatic amines is 2. The van der Waals surface area contributed by atoms with Gasteiger partial charge in [0.25, 0.3) is 0 Å². The van der Waals surface area contributed by atoms with Gasteiger partial charge in [-0.2, -0.15) is 0 Å². The Labute approximate surface area is 315 Å². The Kier molecular flexibility index (Phi) is 10.9. The summed E-state index contributed by atoms with van der Waals surface area (Å²) in [5, 5.41) is 2.73. The second kappa shape index (κ2) is 15.9. The van der Waals surface area contributed by atoms with Gasteiger partial charge in [0.05, 0.1) is 55.7 Å². The number of fused-ring (bicyclic) bond motifs is 4. The molecular formula is C41H49N7O6. The minimum Gasteiger partial charge on any atom is -0.453 e. The number of amides is 3. The summed E-state index contributed by atoms with van der Waals surface area (Å²) in [5.74, 6) is 1.35. The number of nitrogens with one attached hydrogen (secondary N) is 3. The highest BCUT2D eigenvalue weighted by Gasteiger charge is 2.37. The fourth-order valence-electron chi connectivity index (χ4n) is 7.49. The lowest BCUT2D eigenvalue weighted by molar-refractivity contribution is -0.134. The van der Waals surface area contributed by atoms with E-state index in [-0.39, 0.29) is 24.1 Å². The number of hydrogen-bond acceptors (Lipinski definition) is 8. The second-order valence-corrected chi connectivity index (χ2v) is 15.1. The molecule has 0 radical (unpaired) electrons. The molecule has 284 valence electrons. The SMILES string of the molecule is COC(=O)N[C@H]1CC/C=C\COCc2[nH]c(nc2-c2ccc(-c3ccc(-c4cnc([C@@H]5CCCN5C(=O)OC(C)(C)C)[nH]4)cc3)cc2)[C@@H]2CCCN2C1=O. The van der Waals surface area contributed by atoms with E-state index in [1.54, 1.807) is 4.90 Å². The van der Waals surface area contributed by atoms with Crippen molar-refractivity contribution >= 4 is 18.1 Å². The van der Waals surface area contributed by atoms with Gasteiger partial charge in [-0.25, -0.2) is 19.6 Å². The van der Waals surface area contributed by atoms with E-state index in [0.717, 1.165) is 70.8 Å². The molecule has 2 saturated heterocycles. The van der Waals surface area contributed by atoms with Crippen molar-refractivity contribution in [3.8, 4) is 33.6 Å². The van der Waals surface area contributed by atoms with Crippen molar-refractivity contribution in [1.29, 1.82) is 0 Å². The molecule has 3 aliphatic heterocycles. The highest BCUT2D eigenvalue weighted by Crippen LogP contribution is 2.36. The van der Waals surface area contributed by atoms with Crippen molar-refractivity contribution in [3.05, 3.63) is 84.2 Å². The number of H-pyrrole nitrogens is 2. The molecule has 13 nitrogen and oxygen atoms in total. The zero-order valence-corrected chi connectivity index (χ0v) is 31.4. The van der Waals surface area contributed by atoms with Crippen LogP contribution in [0.25, 0.3) is 33.6 Å². The fourth-order valence-corrected chi connectivity index (χ4v) is 7.49. The lowest BCUT2D eigenvalue weighted by Crippen LogP contribution is -2.48. The van der Waals surface area contributed by atoms with Crippen LogP contribution in [0.15, 0.2) is 66.9 Å². The van der Waals surface area contributed by atoms with Gasteiger partial charge in [0.1, 0.15) is 23.3 Å². The summed E-state index contributed by atoms with van der Waals surface area (Å²) >= 11 is 0. The molecular weight excluding hydrogens is 686 g/mol. The van der Waals surface area contributed by atoms with Crippen molar-refractivity contribution in [2.75, 3.05) is 26.8 Å². The molecule has 7 rings (SSSR count). The lowest BCUT2D eigenvalue weighted by atomic mass is 10.0. The van der Waals surface area contributed by atoms with Crippen molar-refractivity contribution < 1.29 is 28.6 Å². The minimum atomic E-state index is -0.701. The summed E-state index contributed by atoms with van der Waals surface area (Å²) in [6.45, 7) is 7.62. The topological polar surface area (TPSA) is 155 Å². The van der Waals surface area contributed by atoms with Gasteiger partial charge >= 0.3 is 12.2 Å². The molecule has 0 unspecified atom stereocenters. The lowest BCUT2D eigenvalue weighted by Gasteiger charge is -2.28. The number of hydrogen-bond donors (Lipinski definition) is 3. The third kappa shape index (κ3) is 8.20. The van der Waals surface area contributed by atoms with Gasteiger partial charge < -0.3 is 34.4 Å². The number of carbonyl (C=O) groups is 3. The number of methoxy groups -OCH3 is 1. The molecule has 0 aliphatic carbocycles. The molecule has 4 aromatic rings. The van der Waals surface area contributed by atoms with Crippen LogP contribution in [0.4, 0.5) is 9.59 Å². The first-order chi connectivity index (χ1) is 26.1. The van der Waals surface area contributed by atoms with Crippen LogP contribution in [-0.2, 0) is 25.6 Å². The van der Waals surface area contributed by atoms with E-state index in [1.807, 2.05) is 44.0 Å². The number of likely N-dealkylation sites (tertiary alicyclic amines) is 1. The van der Waals surface area contributed by atoms with Crippen molar-refractivity contribution in [2.24, 2.45) is 0 Å². The van der Waals surface area contributed by atoms with E-state index < -0.39 is 17.7 Å². The third-order valence-electron chi connectivity index (χ3n) is 10.2. The first-order valence-corrected chi connectivity index (χ1v) is 18.8. The maximum Gasteiger partial charge on any atom is 0.410 e. The number of carbonyl (C=O) groups excluding carboxylic acids is 3. The van der Waals surface area contributed by atoms with Crippen LogP contribution in [0.1, 0.15) is 88.7 Å². The molecule has 2 aromatic carbocycles. The number of benzene rings is 2. The van der Waals surface area contributed by atoms with E-state index in [1.165, 1.54) is 7.11 Å². The predicted molar refractivity (Wildman–Crippen MR) is 203 cm³/mol. The van der Waals surface area contributed by atoms with Gasteiger partial charge in [-0.3, -0.25) is 9.69 Å². The number of nitrogens with zero attached hydrogens (tertiary/aromatic N) is 4. The fraction of sp³-hybridized carbons (Fsp3) is 0.439. The first kappa shape index (κ1) is 36.9. The average Bonchev–Trinajstić information content (AvgIpc) is 3.99. The number of alkyl carbamates (subject to hydrolysis) is 1. The monoisotopic (exact) mass is 735 g/mol. The Bertz CT molecular complexity index is 1980. The van der Waals surface area contributed by atoms with Crippen molar-refractivity contribution in [3.63, 3.8) is 0 Å². The standard InChI is InChI=1S/C41H49N7O6/c1-41(2,3)54-40(51)48-22-9-11-33(48)36-42-24-31(43-36)28-17-13-26(14-18-28)27-15-19-29(20-16-27)35-32-25-53-23-7-5-6-10-30(45-39(50)52-4)38(49)47-21-8-12-34(47)37(44-32)46-35/h5,7,13-20,24,30,33-34H,6,8-12,21-23,25H2,1-4H3,(H,42,43)(H,44,46)(H,45,50)/b7-5-/t30-,33-,34-/m0/s1. The first-order valence-electron chi connectivity index (χ1n) is 18.8. The molecule has 3 atom stereocenters. The molecule has 3 aliphatic rings. The molecule has 2 bridgehead atoms. The molecule has 3 amide bonds. The number of ether oxygens (including phenoxy) is 3. The van der Waals surface area contributed by atoms with Crippen LogP contribution >= 0.6 is 0 Å². The summed E-state index contributed by atoms with van der Waals surface area (Å²) in [5.41, 5.74) is 6.04. The maximum absolute atomic E-state index is 13.8. The number of allylic oxidation sites excluding steroid dienone is 1. The Morgan fingerprint density at radius 2 is 1.56 bits per heavy atom. The van der Waals surface area contributed by atoms with E-state index in [2.05, 4.69) is 68.8 Å². The molecule has 54 heavy (non-hydrogen) atoms. The maximum atomic E-state index is 13.8. The molecule has 13 heteroatoms. The summed E-state index contributed by atoms with van der Waals surface area (Å²) in [7, 11) is 1.30. The van der Waals surface area contributed by atoms with E-state index >= 15 is 0 Å². The smallest absolute Gasteiger partial charge is 0.410 e. The van der Waals surface area contributed by atoms with Crippen molar-refractivity contribution in [1.82, 2.24) is 35.1 Å². The minimum absolute atomic E-state index is 0.133. The molecule has 2 aromatic heterocycles. The quantitative estimate of drug-likeness (QED) is 0.179. The summed E-state index contributed by atoms with van der Waals surface area (Å²) in [6, 6.07) is 15.5. The molecule has 0 saturated carbocycles. The average molecular weight is 736 g/mol. The van der Waals surface area contributed by atoms with E-state index in [9.17, 15) is 14.4 Å². The second-order valence-electron chi connectivity index (χ2n) is 15.1. The Balaban J connectivity index is 1.07. The number of aromatic nitrogens is 4. The van der Waals surface area contributed by atoms with Crippen LogP contribution in [0.3, 0.4) is 0 Å². The van der Waals surface area contributed by atoms with Crippen LogP contribution in [0, 0.1) is 0 Å². The number of rotatable bonds is 5. The van der Waals surface area contributed by atoms with Gasteiger partial charge in [0, 0.05) is 18.7 Å². The largest absolute Gasteiger partial charge is 0.453 e. The van der Waals surface area contributed by atoms with Gasteiger partial charge in [-0.15, -0.1) is 0 Å². The van der Waals surface area contributed by atoms with Gasteiger partial charge in [0.15, 0.2) is 0 Å². The zero-order chi connectivity index (χ0) is 37.8. The van der Waals surface area contributed by atoms with E-state index in [0.29, 0.717) is 45.0 Å². The molecule has 2 fully saturated rings. The third-order valence-corrected chi connectivity index (χ3v) is 10.2. The van der Waals surface area contributed by atoms with Crippen molar-refractivity contribution in [2.45, 2.75) is 89.6 Å². The summed E-state index contributed by atoms with van der Waals surface area (Å²) < 4.78 is 16.5. The predicted octanol–water partition coefficient (Wildman–Crippen LogP) is 7.46. The summed E-state index contributed by atoms with van der Waals surface area (Å²) in [6.07, 6.45) is 9.21. The highest BCUT2D eigenvalue weighted by atomic mass is 16.6. The Hall–Kier alpha value is -5.43.